The molecule has 3 aromatic rings. The molecule has 0 unspecified atom stereocenters. The number of nitrogens with one attached hydrogen (secondary N) is 2. The summed E-state index contributed by atoms with van der Waals surface area (Å²) in [6.07, 6.45) is -8.64. The number of halogens is 9. The second kappa shape index (κ2) is 12.2. The molecule has 1 heterocycles. The van der Waals surface area contributed by atoms with Crippen LogP contribution < -0.4 is 15.4 Å². The molecule has 2 N–H and O–H groups in total. The average molecular weight is 643 g/mol. The van der Waals surface area contributed by atoms with E-state index >= 15 is 0 Å². The van der Waals surface area contributed by atoms with Crippen molar-refractivity contribution in [2.75, 3.05) is 13.2 Å². The Morgan fingerprint density at radius 3 is 2.48 bits per heavy atom. The van der Waals surface area contributed by atoms with Crippen LogP contribution in [-0.2, 0) is 24.8 Å². The van der Waals surface area contributed by atoms with Crippen molar-refractivity contribution in [3.05, 3.63) is 56.8 Å². The number of fused-ring (bicyclic) bond motifs is 1. The van der Waals surface area contributed by atoms with E-state index in [9.17, 15) is 40.3 Å². The number of benzene rings is 2. The molecule has 0 spiro atoms. The van der Waals surface area contributed by atoms with Gasteiger partial charge in [0.2, 0.25) is 11.8 Å². The number of rotatable bonds is 10. The zero-order valence-electron chi connectivity index (χ0n) is 21.7. The molecule has 16 heteroatoms. The van der Waals surface area contributed by atoms with Crippen molar-refractivity contribution < 1.29 is 45.1 Å². The summed E-state index contributed by atoms with van der Waals surface area (Å²) in [5, 5.41) is 4.70. The largest absolute Gasteiger partial charge is 0.487 e. The number of nitrogens with zero attached hydrogens (tertiary/aromatic N) is 2. The van der Waals surface area contributed by atoms with Crippen LogP contribution in [0.2, 0.25) is 10.0 Å². The Balaban J connectivity index is 1.60. The fourth-order valence-corrected chi connectivity index (χ4v) is 5.00. The van der Waals surface area contributed by atoms with Crippen molar-refractivity contribution in [3.63, 3.8) is 0 Å². The molecule has 1 saturated carbocycles. The normalized spacial score (nSPS) is 15.1. The second-order valence-corrected chi connectivity index (χ2v) is 10.6. The van der Waals surface area contributed by atoms with Gasteiger partial charge in [0.25, 0.3) is 12.3 Å². The van der Waals surface area contributed by atoms with Gasteiger partial charge in [-0.25, -0.2) is 22.5 Å². The molecule has 0 aliphatic heterocycles. The Morgan fingerprint density at radius 1 is 1.17 bits per heavy atom. The highest BCUT2D eigenvalue weighted by molar-refractivity contribution is 6.36. The summed E-state index contributed by atoms with van der Waals surface area (Å²) in [6, 6.07) is 5.45. The number of carbonyl (C=O) groups is 2. The Morgan fingerprint density at radius 2 is 1.86 bits per heavy atom. The van der Waals surface area contributed by atoms with Crippen molar-refractivity contribution >= 4 is 46.0 Å². The lowest BCUT2D eigenvalue weighted by Crippen LogP contribution is -2.44. The highest BCUT2D eigenvalue weighted by Crippen LogP contribution is 2.42. The van der Waals surface area contributed by atoms with Gasteiger partial charge >= 0.3 is 6.18 Å². The number of carbonyl (C=O) groups excluding carboxylic acids is 2. The fourth-order valence-electron chi connectivity index (χ4n) is 4.43. The molecule has 1 fully saturated rings. The zero-order valence-corrected chi connectivity index (χ0v) is 23.2. The smallest absolute Gasteiger partial charge is 0.405 e. The predicted molar refractivity (Wildman–Crippen MR) is 139 cm³/mol. The lowest BCUT2D eigenvalue weighted by atomic mass is 9.81. The third-order valence-electron chi connectivity index (χ3n) is 6.65. The molecular weight excluding hydrogens is 620 g/mol. The predicted octanol–water partition coefficient (Wildman–Crippen LogP) is 6.07. The third kappa shape index (κ3) is 7.38. The molecule has 0 atom stereocenters. The fraction of sp³-hybridized carbons (Fsp3) is 0.423. The van der Waals surface area contributed by atoms with Gasteiger partial charge in [0, 0.05) is 49.9 Å². The zero-order chi connectivity index (χ0) is 31.0. The maximum atomic E-state index is 13.1. The van der Waals surface area contributed by atoms with Crippen molar-refractivity contribution in [2.45, 2.75) is 44.3 Å². The number of aryl methyl sites for hydroxylation is 1. The van der Waals surface area contributed by atoms with Crippen LogP contribution in [0.25, 0.3) is 11.0 Å². The number of amides is 2. The minimum Gasteiger partial charge on any atom is -0.487 e. The first kappa shape index (κ1) is 31.7. The molecule has 1 aromatic heterocycles. The molecule has 42 heavy (non-hydrogen) atoms. The number of hydrogen-bond acceptors (Lipinski definition) is 4. The van der Waals surface area contributed by atoms with Gasteiger partial charge in [0.15, 0.2) is 0 Å². The van der Waals surface area contributed by atoms with E-state index in [2.05, 4.69) is 10.3 Å². The quantitative estimate of drug-likeness (QED) is 0.263. The van der Waals surface area contributed by atoms with Gasteiger partial charge in [-0.05, 0) is 23.3 Å². The lowest BCUT2D eigenvalue weighted by molar-refractivity contribution is -0.150. The second-order valence-electron chi connectivity index (χ2n) is 9.78. The van der Waals surface area contributed by atoms with Crippen LogP contribution in [0.15, 0.2) is 24.3 Å². The summed E-state index contributed by atoms with van der Waals surface area (Å²) >= 11 is 13.0. The molecule has 0 saturated heterocycles. The average Bonchev–Trinajstić information content (AvgIpc) is 3.19. The molecule has 2 aromatic carbocycles. The van der Waals surface area contributed by atoms with E-state index in [0.29, 0.717) is 22.5 Å². The maximum absolute atomic E-state index is 13.1. The number of imidazole rings is 1. The Bertz CT molecular complexity index is 1500. The summed E-state index contributed by atoms with van der Waals surface area (Å²) in [5.41, 5.74) is 0.906. The Labute approximate surface area is 244 Å². The van der Waals surface area contributed by atoms with Gasteiger partial charge in [-0.15, -0.1) is 0 Å². The molecule has 228 valence electrons. The number of hydrogen-bond donors (Lipinski definition) is 2. The first-order valence-corrected chi connectivity index (χ1v) is 13.2. The SMILES string of the molecule is Cn1c(Cc2c(Cl)ccc(CNC(=O)C3CC(F)(F)C3)c2Cl)nc2cc(C(=O)NCC(F)(F)F)c(OCC(F)F)cc21. The molecular formula is C26H23Cl2F7N4O3. The standard InChI is InChI=1S/C26H23Cl2F7N4O3/c1-39-18-6-19(42-10-20(29)30)15(24(41)37-11-26(33,34)35)4-17(18)38-21(39)5-14-16(27)3-2-12(22(14)28)9-36-23(40)13-7-25(31,32)8-13/h2-4,6,13,20H,5,7-11H2,1H3,(H,36,40)(H,37,41). The summed E-state index contributed by atoms with van der Waals surface area (Å²) in [4.78, 5) is 29.1. The van der Waals surface area contributed by atoms with Gasteiger partial charge in [-0.3, -0.25) is 9.59 Å². The summed E-state index contributed by atoms with van der Waals surface area (Å²) in [5.74, 6) is -5.39. The van der Waals surface area contributed by atoms with Crippen molar-refractivity contribution in [1.82, 2.24) is 20.2 Å². The number of ether oxygens (including phenoxy) is 1. The van der Waals surface area contributed by atoms with Gasteiger partial charge in [-0.1, -0.05) is 29.3 Å². The highest BCUT2D eigenvalue weighted by atomic mass is 35.5. The van der Waals surface area contributed by atoms with E-state index in [1.807, 2.05) is 0 Å². The van der Waals surface area contributed by atoms with Crippen LogP contribution in [0.1, 0.15) is 40.2 Å². The van der Waals surface area contributed by atoms with Crippen LogP contribution >= 0.6 is 23.2 Å². The first-order chi connectivity index (χ1) is 19.5. The van der Waals surface area contributed by atoms with Crippen LogP contribution in [0.4, 0.5) is 30.7 Å². The molecule has 2 amide bonds. The first-order valence-electron chi connectivity index (χ1n) is 12.4. The number of aromatic nitrogens is 2. The van der Waals surface area contributed by atoms with E-state index in [1.165, 1.54) is 12.1 Å². The summed E-state index contributed by atoms with van der Waals surface area (Å²) in [7, 11) is 1.57. The van der Waals surface area contributed by atoms with Crippen LogP contribution in [0.3, 0.4) is 0 Å². The Kier molecular flexibility index (Phi) is 9.17. The topological polar surface area (TPSA) is 85.2 Å². The summed E-state index contributed by atoms with van der Waals surface area (Å²) < 4.78 is 96.3. The monoisotopic (exact) mass is 642 g/mol. The minimum absolute atomic E-state index is 0.0162. The molecule has 1 aliphatic carbocycles. The maximum Gasteiger partial charge on any atom is 0.405 e. The van der Waals surface area contributed by atoms with Gasteiger partial charge < -0.3 is 19.9 Å². The number of alkyl halides is 7. The van der Waals surface area contributed by atoms with E-state index in [-0.39, 0.29) is 34.3 Å². The van der Waals surface area contributed by atoms with Gasteiger partial charge in [0.1, 0.15) is 24.7 Å². The van der Waals surface area contributed by atoms with Crippen LogP contribution in [0, 0.1) is 5.92 Å². The van der Waals surface area contributed by atoms with Crippen LogP contribution in [0.5, 0.6) is 5.75 Å². The van der Waals surface area contributed by atoms with Crippen LogP contribution in [-0.4, -0.2) is 53.0 Å². The van der Waals surface area contributed by atoms with E-state index in [4.69, 9.17) is 27.9 Å². The van der Waals surface area contributed by atoms with E-state index < -0.39 is 67.8 Å². The molecule has 0 bridgehead atoms. The van der Waals surface area contributed by atoms with Crippen molar-refractivity contribution in [1.29, 1.82) is 0 Å². The van der Waals surface area contributed by atoms with E-state index in [0.717, 1.165) is 6.07 Å². The van der Waals surface area contributed by atoms with Gasteiger partial charge in [-0.2, -0.15) is 13.2 Å². The molecule has 1 aliphatic rings. The van der Waals surface area contributed by atoms with Crippen molar-refractivity contribution in [3.8, 4) is 5.75 Å². The molecule has 0 radical (unpaired) electrons. The molecule has 7 nitrogen and oxygen atoms in total. The minimum atomic E-state index is -4.70. The van der Waals surface area contributed by atoms with E-state index in [1.54, 1.807) is 23.0 Å². The third-order valence-corrected chi connectivity index (χ3v) is 7.47. The lowest BCUT2D eigenvalue weighted by Gasteiger charge is -2.33. The van der Waals surface area contributed by atoms with Gasteiger partial charge in [0.05, 0.1) is 21.6 Å². The summed E-state index contributed by atoms with van der Waals surface area (Å²) in [6.45, 7) is -2.80. The molecule has 4 rings (SSSR count). The highest BCUT2D eigenvalue weighted by Gasteiger charge is 2.48. The van der Waals surface area contributed by atoms with Crippen molar-refractivity contribution in [2.24, 2.45) is 13.0 Å². The Hall–Kier alpha value is -3.26.